The molecule has 3 nitrogen and oxygen atoms in total. The number of aromatic nitrogens is 2. The highest BCUT2D eigenvalue weighted by Gasteiger charge is 2.00. The van der Waals surface area contributed by atoms with E-state index >= 15 is 0 Å². The Hall–Kier alpha value is -0.900. The van der Waals surface area contributed by atoms with E-state index in [2.05, 4.69) is 41.5 Å². The van der Waals surface area contributed by atoms with E-state index < -0.39 is 0 Å². The van der Waals surface area contributed by atoms with Crippen molar-refractivity contribution in [1.82, 2.24) is 9.36 Å². The van der Waals surface area contributed by atoms with E-state index in [1.807, 2.05) is 0 Å². The molecule has 0 radical (unpaired) electrons. The Morgan fingerprint density at radius 3 is 2.93 bits per heavy atom. The number of aryl methyl sites for hydroxylation is 1. The SMILES string of the molecule is CCCc1nsc(NCC=C(C)C)n1. The van der Waals surface area contributed by atoms with E-state index in [1.54, 1.807) is 0 Å². The summed E-state index contributed by atoms with van der Waals surface area (Å²) in [6.45, 7) is 7.15. The van der Waals surface area contributed by atoms with Crippen LogP contribution in [0.1, 0.15) is 33.0 Å². The Morgan fingerprint density at radius 1 is 1.50 bits per heavy atom. The van der Waals surface area contributed by atoms with Crippen LogP contribution in [0.5, 0.6) is 0 Å². The smallest absolute Gasteiger partial charge is 0.202 e. The summed E-state index contributed by atoms with van der Waals surface area (Å²) in [5, 5.41) is 4.15. The van der Waals surface area contributed by atoms with Gasteiger partial charge >= 0.3 is 0 Å². The molecule has 14 heavy (non-hydrogen) atoms. The molecule has 0 aliphatic heterocycles. The lowest BCUT2D eigenvalue weighted by Crippen LogP contribution is -1.98. The maximum absolute atomic E-state index is 4.36. The van der Waals surface area contributed by atoms with Crippen molar-refractivity contribution in [2.24, 2.45) is 0 Å². The second-order valence-corrected chi connectivity index (χ2v) is 4.18. The van der Waals surface area contributed by atoms with Gasteiger partial charge in [0.05, 0.1) is 0 Å². The molecule has 0 atom stereocenters. The Bertz CT molecular complexity index is 300. The van der Waals surface area contributed by atoms with Crippen LogP contribution in [0.2, 0.25) is 0 Å². The van der Waals surface area contributed by atoms with Gasteiger partial charge in [-0.25, -0.2) is 4.98 Å². The highest BCUT2D eigenvalue weighted by molar-refractivity contribution is 7.09. The molecule has 0 amide bonds. The van der Waals surface area contributed by atoms with Gasteiger partial charge in [-0.2, -0.15) is 4.37 Å². The van der Waals surface area contributed by atoms with Crippen LogP contribution in [0.25, 0.3) is 0 Å². The molecule has 0 aliphatic carbocycles. The van der Waals surface area contributed by atoms with Gasteiger partial charge in [0.15, 0.2) is 0 Å². The minimum atomic E-state index is 0.836. The van der Waals surface area contributed by atoms with Crippen LogP contribution in [-0.4, -0.2) is 15.9 Å². The predicted octanol–water partition coefficient (Wildman–Crippen LogP) is 2.87. The first-order chi connectivity index (χ1) is 6.72. The Balaban J connectivity index is 2.39. The van der Waals surface area contributed by atoms with Gasteiger partial charge in [0.2, 0.25) is 5.13 Å². The molecule has 0 aliphatic rings. The average Bonchev–Trinajstić information content (AvgIpc) is 2.53. The van der Waals surface area contributed by atoms with Gasteiger partial charge in [-0.3, -0.25) is 0 Å². The average molecular weight is 211 g/mol. The summed E-state index contributed by atoms with van der Waals surface area (Å²) < 4.78 is 4.25. The molecule has 0 saturated heterocycles. The zero-order valence-corrected chi connectivity index (χ0v) is 9.82. The normalized spacial score (nSPS) is 9.93. The quantitative estimate of drug-likeness (QED) is 0.761. The van der Waals surface area contributed by atoms with Crippen LogP contribution in [0.4, 0.5) is 5.13 Å². The largest absolute Gasteiger partial charge is 0.357 e. The lowest BCUT2D eigenvalue weighted by atomic mass is 10.3. The molecule has 1 aromatic heterocycles. The summed E-state index contributed by atoms with van der Waals surface area (Å²) >= 11 is 1.44. The van der Waals surface area contributed by atoms with Crippen molar-refractivity contribution in [3.63, 3.8) is 0 Å². The minimum Gasteiger partial charge on any atom is -0.357 e. The van der Waals surface area contributed by atoms with Crippen LogP contribution in [0.15, 0.2) is 11.6 Å². The Kier molecular flexibility index (Phi) is 4.59. The molecule has 0 saturated carbocycles. The van der Waals surface area contributed by atoms with E-state index in [0.717, 1.165) is 30.3 Å². The number of nitrogens with one attached hydrogen (secondary N) is 1. The molecule has 0 bridgehead atoms. The third kappa shape index (κ3) is 3.87. The summed E-state index contributed by atoms with van der Waals surface area (Å²) in [6.07, 6.45) is 4.21. The van der Waals surface area contributed by atoms with E-state index in [-0.39, 0.29) is 0 Å². The van der Waals surface area contributed by atoms with Crippen molar-refractivity contribution < 1.29 is 0 Å². The predicted molar refractivity (Wildman–Crippen MR) is 61.8 cm³/mol. The van der Waals surface area contributed by atoms with Gasteiger partial charge < -0.3 is 5.32 Å². The summed E-state index contributed by atoms with van der Waals surface area (Å²) in [4.78, 5) is 4.36. The second-order valence-electron chi connectivity index (χ2n) is 3.43. The van der Waals surface area contributed by atoms with Crippen LogP contribution in [0.3, 0.4) is 0 Å². The van der Waals surface area contributed by atoms with Gasteiger partial charge in [-0.05, 0) is 20.3 Å². The zero-order valence-electron chi connectivity index (χ0n) is 9.00. The fourth-order valence-electron chi connectivity index (χ4n) is 0.993. The first-order valence-electron chi connectivity index (χ1n) is 4.92. The van der Waals surface area contributed by atoms with E-state index in [4.69, 9.17) is 0 Å². The highest BCUT2D eigenvalue weighted by atomic mass is 32.1. The lowest BCUT2D eigenvalue weighted by molar-refractivity contribution is 0.861. The molecular weight excluding hydrogens is 194 g/mol. The third-order valence-corrected chi connectivity index (χ3v) is 2.42. The zero-order chi connectivity index (χ0) is 10.4. The first-order valence-corrected chi connectivity index (χ1v) is 5.69. The molecule has 4 heteroatoms. The number of anilines is 1. The molecule has 1 heterocycles. The Morgan fingerprint density at radius 2 is 2.29 bits per heavy atom. The van der Waals surface area contributed by atoms with Crippen LogP contribution in [-0.2, 0) is 6.42 Å². The fraction of sp³-hybridized carbons (Fsp3) is 0.600. The minimum absolute atomic E-state index is 0.836. The molecule has 0 fully saturated rings. The number of allylic oxidation sites excluding steroid dienone is 1. The van der Waals surface area contributed by atoms with Crippen molar-refractivity contribution in [3.8, 4) is 0 Å². The molecular formula is C10H17N3S. The maximum atomic E-state index is 4.36. The van der Waals surface area contributed by atoms with Gasteiger partial charge in [-0.1, -0.05) is 18.6 Å². The molecule has 0 aromatic carbocycles. The van der Waals surface area contributed by atoms with E-state index in [1.165, 1.54) is 17.1 Å². The molecule has 1 aromatic rings. The topological polar surface area (TPSA) is 37.8 Å². The van der Waals surface area contributed by atoms with Crippen LogP contribution in [0, 0.1) is 0 Å². The van der Waals surface area contributed by atoms with Crippen molar-refractivity contribution in [3.05, 3.63) is 17.5 Å². The second kappa shape index (κ2) is 5.75. The number of hydrogen-bond donors (Lipinski definition) is 1. The third-order valence-electron chi connectivity index (χ3n) is 1.71. The number of nitrogens with zero attached hydrogens (tertiary/aromatic N) is 2. The monoisotopic (exact) mass is 211 g/mol. The van der Waals surface area contributed by atoms with Crippen LogP contribution < -0.4 is 5.32 Å². The maximum Gasteiger partial charge on any atom is 0.202 e. The highest BCUT2D eigenvalue weighted by Crippen LogP contribution is 2.11. The van der Waals surface area contributed by atoms with Crippen molar-refractivity contribution in [2.45, 2.75) is 33.6 Å². The number of hydrogen-bond acceptors (Lipinski definition) is 4. The lowest BCUT2D eigenvalue weighted by Gasteiger charge is -1.96. The summed E-state index contributed by atoms with van der Waals surface area (Å²) in [7, 11) is 0. The first kappa shape index (κ1) is 11.2. The standard InChI is InChI=1S/C10H17N3S/c1-4-5-9-12-10(14-13-9)11-7-6-8(2)3/h6H,4-5,7H2,1-3H3,(H,11,12,13). The van der Waals surface area contributed by atoms with Gasteiger partial charge in [0, 0.05) is 24.5 Å². The van der Waals surface area contributed by atoms with Gasteiger partial charge in [0.1, 0.15) is 5.82 Å². The van der Waals surface area contributed by atoms with E-state index in [9.17, 15) is 0 Å². The molecule has 78 valence electrons. The molecule has 0 unspecified atom stereocenters. The van der Waals surface area contributed by atoms with Gasteiger partial charge in [0.25, 0.3) is 0 Å². The molecule has 1 rings (SSSR count). The summed E-state index contributed by atoms with van der Waals surface area (Å²) in [6, 6.07) is 0. The molecule has 0 spiro atoms. The molecule has 1 N–H and O–H groups in total. The van der Waals surface area contributed by atoms with E-state index in [0.29, 0.717) is 0 Å². The number of rotatable bonds is 5. The van der Waals surface area contributed by atoms with Crippen molar-refractivity contribution in [1.29, 1.82) is 0 Å². The van der Waals surface area contributed by atoms with Crippen molar-refractivity contribution >= 4 is 16.7 Å². The van der Waals surface area contributed by atoms with Crippen LogP contribution >= 0.6 is 11.5 Å². The summed E-state index contributed by atoms with van der Waals surface area (Å²) in [5.74, 6) is 0.956. The van der Waals surface area contributed by atoms with Crippen molar-refractivity contribution in [2.75, 3.05) is 11.9 Å². The van der Waals surface area contributed by atoms with Gasteiger partial charge in [-0.15, -0.1) is 0 Å². The summed E-state index contributed by atoms with van der Waals surface area (Å²) in [5.41, 5.74) is 1.32. The Labute approximate surface area is 89.4 Å². The fourth-order valence-corrected chi connectivity index (χ4v) is 1.61.